The predicted molar refractivity (Wildman–Crippen MR) is 71.1 cm³/mol. The molecule has 0 aliphatic rings. The van der Waals surface area contributed by atoms with E-state index < -0.39 is 11.9 Å². The number of aliphatic carboxylic acids is 1. The van der Waals surface area contributed by atoms with Gasteiger partial charge in [-0.15, -0.1) is 0 Å². The van der Waals surface area contributed by atoms with Crippen LogP contribution in [0.25, 0.3) is 0 Å². The lowest BCUT2D eigenvalue weighted by molar-refractivity contribution is -0.140. The first kappa shape index (κ1) is 15.2. The molecule has 19 heavy (non-hydrogen) atoms. The molecule has 2 N–H and O–H groups in total. The highest BCUT2D eigenvalue weighted by Gasteiger charge is 2.19. The summed E-state index contributed by atoms with van der Waals surface area (Å²) in [6.45, 7) is 8.13. The van der Waals surface area contributed by atoms with Crippen LogP contribution in [0.4, 0.5) is 0 Å². The number of carboxylic acids is 1. The molecule has 0 saturated carbocycles. The van der Waals surface area contributed by atoms with Crippen LogP contribution in [0.2, 0.25) is 0 Å². The van der Waals surface area contributed by atoms with Crippen LogP contribution in [-0.4, -0.2) is 33.3 Å². The molecule has 0 radical (unpaired) electrons. The molecule has 0 saturated heterocycles. The Morgan fingerprint density at radius 3 is 2.58 bits per heavy atom. The molecule has 0 aliphatic heterocycles. The Kier molecular flexibility index (Phi) is 5.09. The number of aryl methyl sites for hydroxylation is 2. The van der Waals surface area contributed by atoms with Crippen molar-refractivity contribution >= 4 is 11.9 Å². The van der Waals surface area contributed by atoms with Crippen molar-refractivity contribution in [1.82, 2.24) is 15.1 Å². The second-order valence-electron chi connectivity index (χ2n) is 4.72. The average molecular weight is 267 g/mol. The van der Waals surface area contributed by atoms with Crippen molar-refractivity contribution < 1.29 is 14.7 Å². The minimum absolute atomic E-state index is 0.117. The maximum Gasteiger partial charge on any atom is 0.308 e. The third-order valence-electron chi connectivity index (χ3n) is 3.03. The predicted octanol–water partition coefficient (Wildman–Crippen LogP) is 1.36. The molecule has 0 unspecified atom stereocenters. The standard InChI is InChI=1S/C13H21N3O3/c1-5-6-16-10(4)11(9(3)15-16)12(17)14-7-8(2)13(18)19/h8H,5-7H2,1-4H3,(H,14,17)(H,18,19)/t8-/m1/s1. The monoisotopic (exact) mass is 267 g/mol. The van der Waals surface area contributed by atoms with E-state index in [2.05, 4.69) is 10.4 Å². The number of carboxylic acid groups (broad SMARTS) is 1. The fourth-order valence-electron chi connectivity index (χ4n) is 1.88. The van der Waals surface area contributed by atoms with Crippen LogP contribution < -0.4 is 5.32 Å². The Labute approximate surface area is 112 Å². The zero-order valence-corrected chi connectivity index (χ0v) is 11.9. The van der Waals surface area contributed by atoms with E-state index in [1.807, 2.05) is 18.5 Å². The van der Waals surface area contributed by atoms with E-state index >= 15 is 0 Å². The van der Waals surface area contributed by atoms with Crippen molar-refractivity contribution in [3.63, 3.8) is 0 Å². The van der Waals surface area contributed by atoms with Gasteiger partial charge in [0.05, 0.1) is 17.2 Å². The van der Waals surface area contributed by atoms with Crippen molar-refractivity contribution in [2.24, 2.45) is 5.92 Å². The summed E-state index contributed by atoms with van der Waals surface area (Å²) in [6, 6.07) is 0. The lowest BCUT2D eigenvalue weighted by Crippen LogP contribution is -2.32. The molecule has 106 valence electrons. The number of nitrogens with one attached hydrogen (secondary N) is 1. The first-order valence-electron chi connectivity index (χ1n) is 6.43. The smallest absolute Gasteiger partial charge is 0.308 e. The molecule has 1 heterocycles. The Morgan fingerprint density at radius 2 is 2.05 bits per heavy atom. The number of carbonyl (C=O) groups is 2. The van der Waals surface area contributed by atoms with Crippen LogP contribution in [0.15, 0.2) is 0 Å². The van der Waals surface area contributed by atoms with Gasteiger partial charge in [-0.1, -0.05) is 13.8 Å². The Balaban J connectivity index is 2.80. The fourth-order valence-corrected chi connectivity index (χ4v) is 1.88. The summed E-state index contributed by atoms with van der Waals surface area (Å²) in [4.78, 5) is 22.8. The quantitative estimate of drug-likeness (QED) is 0.815. The summed E-state index contributed by atoms with van der Waals surface area (Å²) in [6.07, 6.45) is 0.944. The number of hydrogen-bond donors (Lipinski definition) is 2. The van der Waals surface area contributed by atoms with Crippen molar-refractivity contribution in [3.05, 3.63) is 17.0 Å². The molecule has 0 fully saturated rings. The fraction of sp³-hybridized carbons (Fsp3) is 0.615. The van der Waals surface area contributed by atoms with E-state index in [0.717, 1.165) is 18.7 Å². The van der Waals surface area contributed by atoms with Gasteiger partial charge < -0.3 is 10.4 Å². The number of carbonyl (C=O) groups excluding carboxylic acids is 1. The number of aromatic nitrogens is 2. The van der Waals surface area contributed by atoms with Gasteiger partial charge in [-0.3, -0.25) is 14.3 Å². The molecule has 0 aliphatic carbocycles. The summed E-state index contributed by atoms with van der Waals surface area (Å²) in [5.74, 6) is -1.78. The van der Waals surface area contributed by atoms with Crippen molar-refractivity contribution in [1.29, 1.82) is 0 Å². The molecule has 1 aromatic heterocycles. The number of amides is 1. The van der Waals surface area contributed by atoms with E-state index in [-0.39, 0.29) is 12.5 Å². The van der Waals surface area contributed by atoms with Crippen molar-refractivity contribution in [3.8, 4) is 0 Å². The zero-order chi connectivity index (χ0) is 14.6. The second kappa shape index (κ2) is 6.36. The Bertz CT molecular complexity index is 480. The molecular formula is C13H21N3O3. The Hall–Kier alpha value is -1.85. The van der Waals surface area contributed by atoms with Crippen molar-refractivity contribution in [2.75, 3.05) is 6.54 Å². The van der Waals surface area contributed by atoms with Crippen LogP contribution in [0, 0.1) is 19.8 Å². The normalized spacial score (nSPS) is 12.2. The first-order valence-corrected chi connectivity index (χ1v) is 6.43. The SMILES string of the molecule is CCCn1nc(C)c(C(=O)NC[C@@H](C)C(=O)O)c1C. The maximum absolute atomic E-state index is 12.1. The second-order valence-corrected chi connectivity index (χ2v) is 4.72. The van der Waals surface area contributed by atoms with Gasteiger partial charge >= 0.3 is 5.97 Å². The molecule has 0 aromatic carbocycles. The van der Waals surface area contributed by atoms with Crippen LogP contribution in [0.5, 0.6) is 0 Å². The van der Waals surface area contributed by atoms with Gasteiger partial charge in [-0.25, -0.2) is 0 Å². The molecule has 0 bridgehead atoms. The van der Waals surface area contributed by atoms with Crippen LogP contribution in [-0.2, 0) is 11.3 Å². The van der Waals surface area contributed by atoms with Gasteiger partial charge in [-0.05, 0) is 20.3 Å². The largest absolute Gasteiger partial charge is 0.481 e. The summed E-state index contributed by atoms with van der Waals surface area (Å²) < 4.78 is 1.81. The highest BCUT2D eigenvalue weighted by molar-refractivity contribution is 5.96. The summed E-state index contributed by atoms with van der Waals surface area (Å²) in [5.41, 5.74) is 2.04. The summed E-state index contributed by atoms with van der Waals surface area (Å²) >= 11 is 0. The molecule has 1 amide bonds. The van der Waals surface area contributed by atoms with Crippen LogP contribution >= 0.6 is 0 Å². The Morgan fingerprint density at radius 1 is 1.42 bits per heavy atom. The highest BCUT2D eigenvalue weighted by Crippen LogP contribution is 2.13. The number of hydrogen-bond acceptors (Lipinski definition) is 3. The third-order valence-corrected chi connectivity index (χ3v) is 3.03. The van der Waals surface area contributed by atoms with E-state index in [1.165, 1.54) is 0 Å². The molecule has 6 nitrogen and oxygen atoms in total. The number of nitrogens with zero attached hydrogens (tertiary/aromatic N) is 2. The maximum atomic E-state index is 12.1. The molecular weight excluding hydrogens is 246 g/mol. The van der Waals surface area contributed by atoms with Crippen molar-refractivity contribution in [2.45, 2.75) is 40.7 Å². The van der Waals surface area contributed by atoms with E-state index in [1.54, 1.807) is 13.8 Å². The summed E-state index contributed by atoms with van der Waals surface area (Å²) in [5, 5.41) is 15.7. The topological polar surface area (TPSA) is 84.2 Å². The molecule has 1 aromatic rings. The lowest BCUT2D eigenvalue weighted by atomic mass is 10.1. The van der Waals surface area contributed by atoms with E-state index in [9.17, 15) is 9.59 Å². The van der Waals surface area contributed by atoms with Gasteiger partial charge in [-0.2, -0.15) is 5.10 Å². The minimum atomic E-state index is -0.921. The molecule has 1 atom stereocenters. The van der Waals surface area contributed by atoms with Gasteiger partial charge in [0.1, 0.15) is 0 Å². The average Bonchev–Trinajstić information content (AvgIpc) is 2.61. The highest BCUT2D eigenvalue weighted by atomic mass is 16.4. The van der Waals surface area contributed by atoms with Gasteiger partial charge in [0, 0.05) is 18.8 Å². The molecule has 6 heteroatoms. The first-order chi connectivity index (χ1) is 8.88. The number of rotatable bonds is 6. The van der Waals surface area contributed by atoms with Crippen LogP contribution in [0.1, 0.15) is 42.0 Å². The zero-order valence-electron chi connectivity index (χ0n) is 11.9. The lowest BCUT2D eigenvalue weighted by Gasteiger charge is -2.09. The van der Waals surface area contributed by atoms with E-state index in [0.29, 0.717) is 11.3 Å². The van der Waals surface area contributed by atoms with Gasteiger partial charge in [0.15, 0.2) is 0 Å². The van der Waals surface area contributed by atoms with Crippen LogP contribution in [0.3, 0.4) is 0 Å². The van der Waals surface area contributed by atoms with E-state index in [4.69, 9.17) is 5.11 Å². The third kappa shape index (κ3) is 3.56. The summed E-state index contributed by atoms with van der Waals surface area (Å²) in [7, 11) is 0. The minimum Gasteiger partial charge on any atom is -0.481 e. The molecule has 1 rings (SSSR count). The van der Waals surface area contributed by atoms with Gasteiger partial charge in [0.2, 0.25) is 0 Å². The van der Waals surface area contributed by atoms with Gasteiger partial charge in [0.25, 0.3) is 5.91 Å². The molecule has 0 spiro atoms.